The summed E-state index contributed by atoms with van der Waals surface area (Å²) in [5, 5.41) is 97.8. The predicted octanol–water partition coefficient (Wildman–Crippen LogP) is -1.26. The van der Waals surface area contributed by atoms with Crippen molar-refractivity contribution in [1.82, 2.24) is 16.0 Å². The lowest BCUT2D eigenvalue weighted by Crippen LogP contribution is -2.64. The number of nitrogens with one attached hydrogen (secondary N) is 3. The maximum Gasteiger partial charge on any atom is 0.474 e. The molecule has 0 saturated carbocycles. The van der Waals surface area contributed by atoms with Gasteiger partial charge in [0.15, 0.2) is 25.7 Å². The lowest BCUT2D eigenvalue weighted by molar-refractivity contribution is -0.270. The maximum atomic E-state index is 12.7. The van der Waals surface area contributed by atoms with Crippen LogP contribution in [0.15, 0.2) is 0 Å². The van der Waals surface area contributed by atoms with Gasteiger partial charge in [-0.3, -0.25) is 41.5 Å². The van der Waals surface area contributed by atoms with Gasteiger partial charge in [-0.25, -0.2) is 13.7 Å². The minimum Gasteiger partial charge on any atom is -0.394 e. The minimum atomic E-state index is -4.59. The molecule has 39 heteroatoms. The quantitative estimate of drug-likeness (QED) is 0.0192. The molecule has 18 atom stereocenters. The summed E-state index contributed by atoms with van der Waals surface area (Å²) >= 11 is 0. The first-order valence-electron chi connectivity index (χ1n) is 31.2. The van der Waals surface area contributed by atoms with Gasteiger partial charge in [0.2, 0.25) is 17.7 Å². The summed E-state index contributed by atoms with van der Waals surface area (Å²) in [5.41, 5.74) is -0.949. The summed E-state index contributed by atoms with van der Waals surface area (Å²) in [6.07, 6.45) is -9.05. The van der Waals surface area contributed by atoms with E-state index in [0.29, 0.717) is 77.0 Å². The first-order chi connectivity index (χ1) is 44.1. The van der Waals surface area contributed by atoms with Crippen molar-refractivity contribution in [3.8, 4) is 0 Å². The molecule has 15 N–H and O–H groups in total. The SMILES string of the molecule is CC(=O)N[C@H]1C(O)[C@@H](O)C(CO)O[C@H]1OCCCCCCOP(=O)(O)OCCCOCC(C)(COCCCOP(=O)(O)OCCCCCCO[C@@H]1OC(CO)[C@H](O)C(O)[C@@H]1NC(C)=O)COCOP(=O)(O)OCCCCCCO[C@@H]1OC(CO)[C@H](O)C(O)[C@@H]1NC(C)=O. The van der Waals surface area contributed by atoms with E-state index >= 15 is 0 Å². The molecule has 93 heavy (non-hydrogen) atoms. The highest BCUT2D eigenvalue weighted by molar-refractivity contribution is 7.47. The molecule has 3 saturated heterocycles. The van der Waals surface area contributed by atoms with Crippen molar-refractivity contribution in [1.29, 1.82) is 0 Å². The molecule has 3 aliphatic rings. The monoisotopic (exact) mass is 1420 g/mol. The van der Waals surface area contributed by atoms with Gasteiger partial charge in [0.05, 0.1) is 72.7 Å². The highest BCUT2D eigenvalue weighted by atomic mass is 31.2. The highest BCUT2D eigenvalue weighted by Crippen LogP contribution is 2.45. The molecule has 0 spiro atoms. The molecule has 0 aromatic rings. The molecule has 548 valence electrons. The largest absolute Gasteiger partial charge is 0.474 e. The number of rotatable bonds is 52. The number of unbranched alkanes of at least 4 members (excludes halogenated alkanes) is 9. The van der Waals surface area contributed by atoms with E-state index in [1.54, 1.807) is 6.92 Å². The Hall–Kier alpha value is -1.98. The molecule has 0 aromatic carbocycles. The second-order valence-corrected chi connectivity index (χ2v) is 27.3. The number of ether oxygens (including phenoxy) is 9. The van der Waals surface area contributed by atoms with Crippen LogP contribution in [0.5, 0.6) is 0 Å². The van der Waals surface area contributed by atoms with Crippen molar-refractivity contribution < 1.29 is 158 Å². The normalized spacial score (nSPS) is 29.4. The maximum absolute atomic E-state index is 12.7. The predicted molar refractivity (Wildman–Crippen MR) is 319 cm³/mol. The van der Waals surface area contributed by atoms with Crippen molar-refractivity contribution in [3.63, 3.8) is 0 Å². The average molecular weight is 1420 g/mol. The van der Waals surface area contributed by atoms with Crippen LogP contribution in [0, 0.1) is 5.41 Å². The molecule has 9 unspecified atom stereocenters. The van der Waals surface area contributed by atoms with Crippen LogP contribution in [0.3, 0.4) is 0 Å². The third kappa shape index (κ3) is 34.1. The topological polar surface area (TPSA) is 520 Å². The van der Waals surface area contributed by atoms with E-state index in [0.717, 1.165) is 0 Å². The number of carbonyl (C=O) groups excluding carboxylic acids is 3. The number of hydrogen-bond donors (Lipinski definition) is 15. The molecule has 3 heterocycles. The van der Waals surface area contributed by atoms with E-state index in [2.05, 4.69) is 16.0 Å². The molecule has 0 aliphatic carbocycles. The second-order valence-electron chi connectivity index (χ2n) is 22.9. The number of amides is 3. The van der Waals surface area contributed by atoms with Crippen LogP contribution in [0.25, 0.3) is 0 Å². The number of carbonyl (C=O) groups is 3. The first-order valence-corrected chi connectivity index (χ1v) is 35.7. The Morgan fingerprint density at radius 1 is 0.376 bits per heavy atom. The van der Waals surface area contributed by atoms with Crippen molar-refractivity contribution in [3.05, 3.63) is 0 Å². The van der Waals surface area contributed by atoms with Gasteiger partial charge in [-0.15, -0.1) is 0 Å². The Bertz CT molecular complexity index is 2130. The zero-order chi connectivity index (χ0) is 69.0. The van der Waals surface area contributed by atoms with Crippen LogP contribution in [-0.2, 0) is 97.9 Å². The number of phosphoric ester groups is 3. The van der Waals surface area contributed by atoms with E-state index in [1.807, 2.05) is 0 Å². The number of aliphatic hydroxyl groups excluding tert-OH is 9. The Morgan fingerprint density at radius 2 is 0.634 bits per heavy atom. The fraction of sp³-hybridized carbons (Fsp3) is 0.944. The van der Waals surface area contributed by atoms with Gasteiger partial charge in [-0.2, -0.15) is 0 Å². The summed E-state index contributed by atoms with van der Waals surface area (Å²) in [6.45, 7) is 2.42. The summed E-state index contributed by atoms with van der Waals surface area (Å²) < 4.78 is 119. The zero-order valence-corrected chi connectivity index (χ0v) is 56.0. The Morgan fingerprint density at radius 3 is 0.914 bits per heavy atom. The number of hydrogen-bond acceptors (Lipinski definition) is 30. The van der Waals surface area contributed by atoms with E-state index < -0.39 is 165 Å². The zero-order valence-electron chi connectivity index (χ0n) is 53.4. The third-order valence-electron chi connectivity index (χ3n) is 14.5. The van der Waals surface area contributed by atoms with Crippen LogP contribution < -0.4 is 16.0 Å². The lowest BCUT2D eigenvalue weighted by Gasteiger charge is -2.42. The Labute approximate surface area is 541 Å². The summed E-state index contributed by atoms with van der Waals surface area (Å²) in [4.78, 5) is 65.8. The van der Waals surface area contributed by atoms with Crippen molar-refractivity contribution in [2.75, 3.05) is 113 Å². The van der Waals surface area contributed by atoms with E-state index in [-0.39, 0.29) is 98.7 Å². The molecule has 0 aromatic heterocycles. The molecular weight excluding hydrogens is 1310 g/mol. The molecule has 0 radical (unpaired) electrons. The Kier molecular flexibility index (Phi) is 41.8. The van der Waals surface area contributed by atoms with E-state index in [4.69, 9.17) is 69.8 Å². The molecule has 0 bridgehead atoms. The van der Waals surface area contributed by atoms with Crippen LogP contribution >= 0.6 is 23.5 Å². The van der Waals surface area contributed by atoms with Gasteiger partial charge in [-0.05, 0) is 51.4 Å². The fourth-order valence-corrected chi connectivity index (χ4v) is 11.8. The standard InChI is InChI=1S/C54H104N3O33P3/c1-36(61)55-42-48(67)45(64)39(29-58)88-51(42)79-21-11-5-8-14-24-82-91(70,71)85-27-17-19-76-32-54(4,34-78-35-87-93(74,75)84-26-16-10-7-13-23-81-53-44(57-38(3)63)50(69)47(66)41(31-60)90-53)33-77-20-18-28-86-92(72,73)83-25-15-9-6-12-22-80-52-43(56-37(2)62)49(68)46(65)40(30-59)89-52/h39-53,58-60,64-69H,5-35H2,1-4H3,(H,55,61)(H,56,62)(H,57,63)(H,70,71)(H,72,73)(H,74,75)/t39?,40?,41?,42-,43-,44-,45-,46-,47-,48?,49?,50?,51+,52+,53+,54?/m0/s1. The number of aliphatic hydroxyl groups is 9. The van der Waals surface area contributed by atoms with E-state index in [1.165, 1.54) is 20.8 Å². The van der Waals surface area contributed by atoms with E-state index in [9.17, 15) is 88.7 Å². The second kappa shape index (κ2) is 45.6. The minimum absolute atomic E-state index is 0.0305. The Balaban J connectivity index is 1.38. The molecule has 3 fully saturated rings. The van der Waals surface area contributed by atoms with Crippen molar-refractivity contribution >= 4 is 41.2 Å². The average Bonchev–Trinajstić information content (AvgIpc) is 0.840. The summed E-state index contributed by atoms with van der Waals surface area (Å²) in [7, 11) is -13.5. The molecular formula is C54H104N3O33P3. The smallest absolute Gasteiger partial charge is 0.394 e. The summed E-state index contributed by atoms with van der Waals surface area (Å²) in [6, 6.07) is -3.22. The molecule has 36 nitrogen and oxygen atoms in total. The third-order valence-corrected chi connectivity index (χ3v) is 17.5. The van der Waals surface area contributed by atoms with Crippen LogP contribution in [0.4, 0.5) is 0 Å². The number of phosphoric acid groups is 3. The first kappa shape index (κ1) is 85.2. The van der Waals surface area contributed by atoms with Gasteiger partial charge in [-0.1, -0.05) is 45.4 Å². The van der Waals surface area contributed by atoms with Crippen LogP contribution in [-0.4, -0.2) is 283 Å². The summed E-state index contributed by atoms with van der Waals surface area (Å²) in [5.74, 6) is -1.46. The van der Waals surface area contributed by atoms with Gasteiger partial charge < -0.3 is 119 Å². The van der Waals surface area contributed by atoms with Crippen molar-refractivity contribution in [2.45, 2.75) is 210 Å². The van der Waals surface area contributed by atoms with Gasteiger partial charge in [0, 0.05) is 59.2 Å². The van der Waals surface area contributed by atoms with Gasteiger partial charge in [0.25, 0.3) is 0 Å². The molecule has 3 amide bonds. The van der Waals surface area contributed by atoms with Crippen molar-refractivity contribution in [2.24, 2.45) is 5.41 Å². The van der Waals surface area contributed by atoms with Crippen LogP contribution in [0.1, 0.15) is 118 Å². The fourth-order valence-electron chi connectivity index (χ4n) is 9.60. The van der Waals surface area contributed by atoms with Gasteiger partial charge in [0.1, 0.15) is 73.1 Å². The highest BCUT2D eigenvalue weighted by Gasteiger charge is 2.48. The van der Waals surface area contributed by atoms with Crippen LogP contribution in [0.2, 0.25) is 0 Å². The van der Waals surface area contributed by atoms with Gasteiger partial charge >= 0.3 is 23.5 Å². The molecule has 3 rings (SSSR count). The molecule has 3 aliphatic heterocycles. The lowest BCUT2D eigenvalue weighted by atomic mass is 9.94.